The summed E-state index contributed by atoms with van der Waals surface area (Å²) >= 11 is 0. The fourth-order valence-corrected chi connectivity index (χ4v) is 1.81. The van der Waals surface area contributed by atoms with Crippen LogP contribution in [0.5, 0.6) is 0 Å². The summed E-state index contributed by atoms with van der Waals surface area (Å²) in [5, 5.41) is 16.2. The first-order valence-corrected chi connectivity index (χ1v) is 6.64. The lowest BCUT2D eigenvalue weighted by molar-refractivity contribution is 0.240. The molecule has 0 amide bonds. The normalized spacial score (nSPS) is 13.6. The summed E-state index contributed by atoms with van der Waals surface area (Å²) in [6.45, 7) is 8.41. The molecule has 1 rings (SSSR count). The zero-order valence-corrected chi connectivity index (χ0v) is 11.7. The Morgan fingerprint density at radius 1 is 1.11 bits per heavy atom. The van der Waals surface area contributed by atoms with Crippen molar-refractivity contribution in [3.63, 3.8) is 0 Å². The van der Waals surface area contributed by atoms with Gasteiger partial charge in [0.2, 0.25) is 0 Å². The van der Waals surface area contributed by atoms with Crippen LogP contribution in [0.1, 0.15) is 26.3 Å². The average Bonchev–Trinajstić information content (AvgIpc) is 2.33. The van der Waals surface area contributed by atoms with Gasteiger partial charge in [-0.15, -0.1) is 0 Å². The average molecular weight is 250 g/mol. The van der Waals surface area contributed by atoms with E-state index in [0.717, 1.165) is 19.5 Å². The molecular formula is C15H26N2O. The molecular weight excluding hydrogens is 224 g/mol. The number of rotatable bonds is 7. The minimum atomic E-state index is 0.133. The van der Waals surface area contributed by atoms with E-state index in [1.165, 1.54) is 5.56 Å². The van der Waals surface area contributed by atoms with Crippen LogP contribution in [0.2, 0.25) is 0 Å². The summed E-state index contributed by atoms with van der Waals surface area (Å²) in [5.41, 5.74) is 1.41. The summed E-state index contributed by atoms with van der Waals surface area (Å²) in [5.74, 6) is 0. The molecule has 0 aliphatic carbocycles. The molecule has 1 aromatic rings. The zero-order valence-electron chi connectivity index (χ0n) is 11.7. The lowest BCUT2D eigenvalue weighted by Crippen LogP contribution is -2.43. The quantitative estimate of drug-likeness (QED) is 0.644. The van der Waals surface area contributed by atoms with Gasteiger partial charge in [-0.3, -0.25) is 0 Å². The third-order valence-corrected chi connectivity index (χ3v) is 2.76. The van der Waals surface area contributed by atoms with Crippen molar-refractivity contribution >= 4 is 0 Å². The Kier molecular flexibility index (Phi) is 6.33. The van der Waals surface area contributed by atoms with E-state index in [0.29, 0.717) is 0 Å². The summed E-state index contributed by atoms with van der Waals surface area (Å²) in [6.07, 6.45) is 0.868. The highest BCUT2D eigenvalue weighted by Crippen LogP contribution is 2.02. The van der Waals surface area contributed by atoms with Gasteiger partial charge in [0, 0.05) is 24.7 Å². The molecule has 1 atom stereocenters. The highest BCUT2D eigenvalue weighted by Gasteiger charge is 2.10. The van der Waals surface area contributed by atoms with Crippen LogP contribution in [0.4, 0.5) is 0 Å². The van der Waals surface area contributed by atoms with E-state index in [9.17, 15) is 5.11 Å². The molecule has 3 nitrogen and oxygen atoms in total. The van der Waals surface area contributed by atoms with Gasteiger partial charge in [-0.05, 0) is 32.8 Å². The standard InChI is InChI=1S/C15H26N2O/c1-15(2,3)17-10-9-16-14(12-18)11-13-7-5-4-6-8-13/h4-8,14,16-18H,9-12H2,1-3H3/t14-/m0/s1. The Hall–Kier alpha value is -0.900. The van der Waals surface area contributed by atoms with Crippen molar-refractivity contribution in [1.29, 1.82) is 0 Å². The van der Waals surface area contributed by atoms with E-state index in [1.807, 2.05) is 18.2 Å². The van der Waals surface area contributed by atoms with Gasteiger partial charge < -0.3 is 15.7 Å². The smallest absolute Gasteiger partial charge is 0.0587 e. The highest BCUT2D eigenvalue weighted by atomic mass is 16.3. The Bertz CT molecular complexity index is 319. The van der Waals surface area contributed by atoms with Crippen LogP contribution in [-0.4, -0.2) is 36.4 Å². The SMILES string of the molecule is CC(C)(C)NCCN[C@H](CO)Cc1ccccc1. The van der Waals surface area contributed by atoms with E-state index < -0.39 is 0 Å². The number of hydrogen-bond donors (Lipinski definition) is 3. The van der Waals surface area contributed by atoms with Crippen LogP contribution in [0.25, 0.3) is 0 Å². The molecule has 3 N–H and O–H groups in total. The molecule has 1 aromatic carbocycles. The van der Waals surface area contributed by atoms with Crippen molar-refractivity contribution in [2.24, 2.45) is 0 Å². The third-order valence-electron chi connectivity index (χ3n) is 2.76. The minimum Gasteiger partial charge on any atom is -0.395 e. The Morgan fingerprint density at radius 2 is 1.78 bits per heavy atom. The van der Waals surface area contributed by atoms with Gasteiger partial charge in [0.05, 0.1) is 6.61 Å². The maximum Gasteiger partial charge on any atom is 0.0587 e. The van der Waals surface area contributed by atoms with Gasteiger partial charge in [-0.1, -0.05) is 30.3 Å². The van der Waals surface area contributed by atoms with E-state index in [-0.39, 0.29) is 18.2 Å². The number of hydrogen-bond acceptors (Lipinski definition) is 3. The van der Waals surface area contributed by atoms with Gasteiger partial charge in [0.1, 0.15) is 0 Å². The second kappa shape index (κ2) is 7.52. The first-order chi connectivity index (χ1) is 8.51. The first-order valence-electron chi connectivity index (χ1n) is 6.64. The van der Waals surface area contributed by atoms with E-state index >= 15 is 0 Å². The summed E-state index contributed by atoms with van der Waals surface area (Å²) < 4.78 is 0. The van der Waals surface area contributed by atoms with E-state index in [2.05, 4.69) is 43.5 Å². The van der Waals surface area contributed by atoms with Crippen molar-refractivity contribution < 1.29 is 5.11 Å². The van der Waals surface area contributed by atoms with Crippen molar-refractivity contribution in [2.45, 2.75) is 38.8 Å². The van der Waals surface area contributed by atoms with Gasteiger partial charge in [0.15, 0.2) is 0 Å². The summed E-state index contributed by atoms with van der Waals surface area (Å²) in [7, 11) is 0. The predicted molar refractivity (Wildman–Crippen MR) is 76.8 cm³/mol. The summed E-state index contributed by atoms with van der Waals surface area (Å²) in [6, 6.07) is 10.4. The molecule has 0 aromatic heterocycles. The number of nitrogens with one attached hydrogen (secondary N) is 2. The molecule has 0 radical (unpaired) electrons. The van der Waals surface area contributed by atoms with E-state index in [4.69, 9.17) is 0 Å². The first kappa shape index (κ1) is 15.2. The van der Waals surface area contributed by atoms with Gasteiger partial charge in [-0.2, -0.15) is 0 Å². The molecule has 0 fully saturated rings. The Balaban J connectivity index is 2.26. The molecule has 3 heteroatoms. The fraction of sp³-hybridized carbons (Fsp3) is 0.600. The maximum atomic E-state index is 9.36. The van der Waals surface area contributed by atoms with Gasteiger partial charge in [0.25, 0.3) is 0 Å². The van der Waals surface area contributed by atoms with E-state index in [1.54, 1.807) is 0 Å². The molecule has 18 heavy (non-hydrogen) atoms. The Morgan fingerprint density at radius 3 is 2.33 bits per heavy atom. The zero-order chi connectivity index (χ0) is 13.4. The van der Waals surface area contributed by atoms with Crippen molar-refractivity contribution in [1.82, 2.24) is 10.6 Å². The number of aliphatic hydroxyl groups excluding tert-OH is 1. The molecule has 0 spiro atoms. The molecule has 102 valence electrons. The molecule has 0 bridgehead atoms. The van der Waals surface area contributed by atoms with Crippen molar-refractivity contribution in [2.75, 3.05) is 19.7 Å². The molecule has 0 saturated carbocycles. The van der Waals surface area contributed by atoms with Crippen LogP contribution in [-0.2, 0) is 6.42 Å². The van der Waals surface area contributed by atoms with Crippen LogP contribution in [0.15, 0.2) is 30.3 Å². The maximum absolute atomic E-state index is 9.36. The lowest BCUT2D eigenvalue weighted by Gasteiger charge is -2.22. The fourth-order valence-electron chi connectivity index (χ4n) is 1.81. The monoisotopic (exact) mass is 250 g/mol. The second-order valence-corrected chi connectivity index (χ2v) is 5.70. The largest absolute Gasteiger partial charge is 0.395 e. The third kappa shape index (κ3) is 6.74. The predicted octanol–water partition coefficient (Wildman–Crippen LogP) is 1.57. The molecule has 0 unspecified atom stereocenters. The van der Waals surface area contributed by atoms with Crippen LogP contribution < -0.4 is 10.6 Å². The Labute approximate surface area is 111 Å². The van der Waals surface area contributed by atoms with Crippen LogP contribution in [0, 0.1) is 0 Å². The van der Waals surface area contributed by atoms with Gasteiger partial charge >= 0.3 is 0 Å². The molecule has 0 heterocycles. The van der Waals surface area contributed by atoms with Crippen LogP contribution >= 0.6 is 0 Å². The number of aliphatic hydroxyl groups is 1. The highest BCUT2D eigenvalue weighted by molar-refractivity contribution is 5.15. The second-order valence-electron chi connectivity index (χ2n) is 5.70. The molecule has 0 aliphatic heterocycles. The molecule has 0 aliphatic rings. The summed E-state index contributed by atoms with van der Waals surface area (Å²) in [4.78, 5) is 0. The van der Waals surface area contributed by atoms with Crippen molar-refractivity contribution in [3.05, 3.63) is 35.9 Å². The minimum absolute atomic E-state index is 0.133. The number of benzene rings is 1. The van der Waals surface area contributed by atoms with Gasteiger partial charge in [-0.25, -0.2) is 0 Å². The van der Waals surface area contributed by atoms with Crippen molar-refractivity contribution in [3.8, 4) is 0 Å². The topological polar surface area (TPSA) is 44.3 Å². The lowest BCUT2D eigenvalue weighted by atomic mass is 10.1. The van der Waals surface area contributed by atoms with Crippen LogP contribution in [0.3, 0.4) is 0 Å². The molecule has 0 saturated heterocycles.